The molecule has 0 aromatic rings. The maximum Gasteiger partial charge on any atom is 0.321 e. The molecule has 0 rings (SSSR count). The van der Waals surface area contributed by atoms with Crippen molar-refractivity contribution in [3.05, 3.63) is 0 Å². The summed E-state index contributed by atoms with van der Waals surface area (Å²) in [4.78, 5) is 20.8. The average Bonchev–Trinajstić information content (AvgIpc) is 1.87. The summed E-state index contributed by atoms with van der Waals surface area (Å²) in [7, 11) is 0. The van der Waals surface area contributed by atoms with Crippen LogP contribution in [0.2, 0.25) is 0 Å². The Morgan fingerprint density at radius 3 is 2.45 bits per heavy atom. The zero-order chi connectivity index (χ0) is 8.85. The van der Waals surface area contributed by atoms with E-state index >= 15 is 0 Å². The van der Waals surface area contributed by atoms with E-state index in [2.05, 4.69) is 3.53 Å². The number of carboxylic acids is 1. The summed E-state index contributed by atoms with van der Waals surface area (Å²) in [6.45, 7) is 1.45. The molecule has 0 fully saturated rings. The molecule has 0 amide bonds. The lowest BCUT2D eigenvalue weighted by Crippen LogP contribution is -2.30. The second-order valence-corrected chi connectivity index (χ2v) is 2.86. The van der Waals surface area contributed by atoms with Gasteiger partial charge < -0.3 is 9.90 Å². The van der Waals surface area contributed by atoms with Gasteiger partial charge in [0, 0.05) is 29.3 Å². The lowest BCUT2D eigenvalue weighted by atomic mass is 10.1. The van der Waals surface area contributed by atoms with Gasteiger partial charge in [0.05, 0.1) is 0 Å². The van der Waals surface area contributed by atoms with Crippen molar-refractivity contribution in [2.75, 3.05) is 0 Å². The van der Waals surface area contributed by atoms with Crippen molar-refractivity contribution in [1.82, 2.24) is 3.53 Å². The quantitative estimate of drug-likeness (QED) is 0.572. The fourth-order valence-corrected chi connectivity index (χ4v) is 1.15. The Bertz CT molecular complexity index is 160. The maximum absolute atomic E-state index is 10.5. The minimum atomic E-state index is -0.916. The Morgan fingerprint density at radius 1 is 1.64 bits per heavy atom. The summed E-state index contributed by atoms with van der Waals surface area (Å²) in [5, 5.41) is 8.51. The van der Waals surface area contributed by atoms with Crippen LogP contribution in [-0.2, 0) is 9.59 Å². The summed E-state index contributed by atoms with van der Waals surface area (Å²) >= 11 is 1.77. The van der Waals surface area contributed by atoms with E-state index in [1.807, 2.05) is 0 Å². The second kappa shape index (κ2) is 5.48. The van der Waals surface area contributed by atoms with Gasteiger partial charge >= 0.3 is 5.97 Å². The van der Waals surface area contributed by atoms with Crippen LogP contribution >= 0.6 is 22.9 Å². The van der Waals surface area contributed by atoms with Crippen LogP contribution in [0.4, 0.5) is 0 Å². The molecule has 0 heterocycles. The monoisotopic (exact) mass is 271 g/mol. The third-order valence-corrected chi connectivity index (χ3v) is 1.97. The van der Waals surface area contributed by atoms with Crippen molar-refractivity contribution in [2.24, 2.45) is 0 Å². The molecule has 11 heavy (non-hydrogen) atoms. The highest BCUT2D eigenvalue weighted by molar-refractivity contribution is 14.1. The molecule has 0 aliphatic rings. The number of Topliss-reactive ketones (excluding diaryl/α,β-unsaturated/α-hetero) is 1. The molecule has 2 N–H and O–H groups in total. The highest BCUT2D eigenvalue weighted by Crippen LogP contribution is 1.99. The summed E-state index contributed by atoms with van der Waals surface area (Å²) in [5.41, 5.74) is 0. The zero-order valence-corrected chi connectivity index (χ0v) is 8.29. The summed E-state index contributed by atoms with van der Waals surface area (Å²) in [6.07, 6.45) is 0.667. The Balaban J connectivity index is 3.70. The smallest absolute Gasteiger partial charge is 0.321 e. The Kier molecular flexibility index (Phi) is 5.39. The lowest BCUT2D eigenvalue weighted by molar-refractivity contribution is -0.139. The molecule has 0 aliphatic heterocycles. The minimum Gasteiger partial charge on any atom is -0.480 e. The van der Waals surface area contributed by atoms with Gasteiger partial charge in [0.1, 0.15) is 11.8 Å². The third-order valence-electron chi connectivity index (χ3n) is 1.21. The molecule has 4 nitrogen and oxygen atoms in total. The van der Waals surface area contributed by atoms with Gasteiger partial charge in [-0.25, -0.2) is 3.53 Å². The van der Waals surface area contributed by atoms with E-state index in [1.54, 1.807) is 22.9 Å². The Labute approximate surface area is 78.8 Å². The van der Waals surface area contributed by atoms with Crippen LogP contribution in [-0.4, -0.2) is 22.9 Å². The molecule has 0 aromatic carbocycles. The van der Waals surface area contributed by atoms with Crippen LogP contribution in [0, 0.1) is 0 Å². The van der Waals surface area contributed by atoms with Crippen LogP contribution in [0.15, 0.2) is 0 Å². The first-order valence-electron chi connectivity index (χ1n) is 3.16. The van der Waals surface area contributed by atoms with E-state index in [4.69, 9.17) is 5.11 Å². The molecule has 0 aromatic heterocycles. The molecule has 0 saturated heterocycles. The number of rotatable bonds is 5. The van der Waals surface area contributed by atoms with Gasteiger partial charge in [-0.05, 0) is 13.3 Å². The number of halogens is 1. The van der Waals surface area contributed by atoms with Crippen LogP contribution in [0.3, 0.4) is 0 Å². The molecule has 0 spiro atoms. The normalized spacial score (nSPS) is 12.5. The van der Waals surface area contributed by atoms with Crippen molar-refractivity contribution in [3.8, 4) is 0 Å². The molecule has 0 aliphatic carbocycles. The minimum absolute atomic E-state index is 0.0166. The molecular formula is C6H10INO3. The highest BCUT2D eigenvalue weighted by Gasteiger charge is 2.15. The predicted octanol–water partition coefficient (Wildman–Crippen LogP) is 0.748. The number of carbonyl (C=O) groups excluding carboxylic acids is 1. The van der Waals surface area contributed by atoms with Gasteiger partial charge in [0.2, 0.25) is 0 Å². The standard InChI is InChI=1S/C6H10INO3/c1-4(9)2-3-5(8-7)6(10)11/h5,8H,2-3H2,1H3,(H,10,11)/t5-/m0/s1. The maximum atomic E-state index is 10.5. The van der Waals surface area contributed by atoms with E-state index in [1.165, 1.54) is 6.92 Å². The van der Waals surface area contributed by atoms with Crippen molar-refractivity contribution in [1.29, 1.82) is 0 Å². The van der Waals surface area contributed by atoms with Gasteiger partial charge in [0.25, 0.3) is 0 Å². The molecule has 5 heteroatoms. The number of aliphatic carboxylic acids is 1. The van der Waals surface area contributed by atoms with Crippen LogP contribution in [0.1, 0.15) is 19.8 Å². The Morgan fingerprint density at radius 2 is 2.18 bits per heavy atom. The zero-order valence-electron chi connectivity index (χ0n) is 6.13. The number of nitrogens with one attached hydrogen (secondary N) is 1. The third kappa shape index (κ3) is 5.14. The topological polar surface area (TPSA) is 66.4 Å². The second-order valence-electron chi connectivity index (χ2n) is 2.24. The van der Waals surface area contributed by atoms with Crippen LogP contribution in [0.25, 0.3) is 0 Å². The number of hydrogen-bond acceptors (Lipinski definition) is 3. The fourth-order valence-electron chi connectivity index (χ4n) is 0.572. The summed E-state index contributed by atoms with van der Waals surface area (Å²) in [5.74, 6) is -0.899. The van der Waals surface area contributed by atoms with E-state index in [9.17, 15) is 9.59 Å². The average molecular weight is 271 g/mol. The van der Waals surface area contributed by atoms with Crippen LogP contribution in [0.5, 0.6) is 0 Å². The molecule has 1 atom stereocenters. The SMILES string of the molecule is CC(=O)CC[C@H](NI)C(=O)O. The van der Waals surface area contributed by atoms with Crippen molar-refractivity contribution in [2.45, 2.75) is 25.8 Å². The molecule has 0 radical (unpaired) electrons. The van der Waals surface area contributed by atoms with E-state index in [-0.39, 0.29) is 5.78 Å². The van der Waals surface area contributed by atoms with Crippen LogP contribution < -0.4 is 3.53 Å². The molecule has 0 unspecified atom stereocenters. The first-order chi connectivity index (χ1) is 5.07. The lowest BCUT2D eigenvalue weighted by Gasteiger charge is -2.06. The summed E-state index contributed by atoms with van der Waals surface area (Å²) in [6, 6.07) is -0.612. The van der Waals surface area contributed by atoms with Gasteiger partial charge in [-0.2, -0.15) is 0 Å². The number of carboxylic acid groups (broad SMARTS) is 1. The van der Waals surface area contributed by atoms with Crippen molar-refractivity contribution in [3.63, 3.8) is 0 Å². The molecular weight excluding hydrogens is 261 g/mol. The van der Waals surface area contributed by atoms with Gasteiger partial charge in [-0.3, -0.25) is 4.79 Å². The van der Waals surface area contributed by atoms with Crippen molar-refractivity contribution < 1.29 is 14.7 Å². The van der Waals surface area contributed by atoms with Crippen molar-refractivity contribution >= 4 is 34.6 Å². The number of carbonyl (C=O) groups is 2. The molecule has 64 valence electrons. The van der Waals surface area contributed by atoms with Gasteiger partial charge in [-0.15, -0.1) is 0 Å². The largest absolute Gasteiger partial charge is 0.480 e. The first kappa shape index (κ1) is 10.8. The van der Waals surface area contributed by atoms with E-state index < -0.39 is 12.0 Å². The number of ketones is 1. The molecule has 0 saturated carbocycles. The highest BCUT2D eigenvalue weighted by atomic mass is 127. The van der Waals surface area contributed by atoms with E-state index in [0.717, 1.165) is 0 Å². The van der Waals surface area contributed by atoms with E-state index in [0.29, 0.717) is 12.8 Å². The fraction of sp³-hybridized carbons (Fsp3) is 0.667. The molecule has 0 bridgehead atoms. The Hall–Kier alpha value is -0.170. The van der Waals surface area contributed by atoms with Gasteiger partial charge in [-0.1, -0.05) is 0 Å². The summed E-state index contributed by atoms with van der Waals surface area (Å²) < 4.78 is 2.58. The first-order valence-corrected chi connectivity index (χ1v) is 4.24. The number of hydrogen-bond donors (Lipinski definition) is 2. The van der Waals surface area contributed by atoms with Gasteiger partial charge in [0.15, 0.2) is 0 Å². The predicted molar refractivity (Wildman–Crippen MR) is 48.5 cm³/mol.